The van der Waals surface area contributed by atoms with Crippen molar-refractivity contribution in [3.63, 3.8) is 0 Å². The molecule has 0 saturated heterocycles. The summed E-state index contributed by atoms with van der Waals surface area (Å²) in [6, 6.07) is 11.7. The van der Waals surface area contributed by atoms with Crippen LogP contribution in [-0.2, 0) is 7.05 Å². The van der Waals surface area contributed by atoms with Crippen LogP contribution in [0.4, 0.5) is 4.39 Å². The molecule has 0 fully saturated rings. The molecule has 0 bridgehead atoms. The number of aromatic nitrogens is 1. The minimum atomic E-state index is -0.398. The average molecular weight is 378 g/mol. The van der Waals surface area contributed by atoms with Crippen LogP contribution in [0.5, 0.6) is 0 Å². The van der Waals surface area contributed by atoms with Crippen molar-refractivity contribution in [2.45, 2.75) is 17.9 Å². The second-order valence-corrected chi connectivity index (χ2v) is 6.91. The highest BCUT2D eigenvalue weighted by Gasteiger charge is 2.17. The Morgan fingerprint density at radius 1 is 1.28 bits per heavy atom. The summed E-state index contributed by atoms with van der Waals surface area (Å²) in [7, 11) is 1.81. The molecular weight excluding hydrogens is 361 g/mol. The Kier molecular flexibility index (Phi) is 5.03. The van der Waals surface area contributed by atoms with Gasteiger partial charge in [0.1, 0.15) is 11.5 Å². The summed E-state index contributed by atoms with van der Waals surface area (Å²) in [5.41, 5.74) is 2.06. The second-order valence-electron chi connectivity index (χ2n) is 5.79. The fourth-order valence-corrected chi connectivity index (χ4v) is 3.24. The van der Waals surface area contributed by atoms with Gasteiger partial charge in [-0.3, -0.25) is 9.93 Å². The van der Waals surface area contributed by atoms with Crippen LogP contribution in [-0.4, -0.2) is 10.5 Å². The van der Waals surface area contributed by atoms with Crippen LogP contribution in [0.15, 0.2) is 47.4 Å². The van der Waals surface area contributed by atoms with Crippen LogP contribution in [0, 0.1) is 5.82 Å². The van der Waals surface area contributed by atoms with Crippen molar-refractivity contribution in [1.82, 2.24) is 9.88 Å². The van der Waals surface area contributed by atoms with E-state index >= 15 is 0 Å². The summed E-state index contributed by atoms with van der Waals surface area (Å²) in [5.74, 6) is -0.634. The third-order valence-electron chi connectivity index (χ3n) is 4.17. The molecule has 0 spiro atoms. The number of hydrogen-bond acceptors (Lipinski definition) is 3. The molecule has 2 aromatic carbocycles. The Morgan fingerprint density at radius 2 is 2.04 bits per heavy atom. The fraction of sp³-hybridized carbons (Fsp3) is 0.167. The Hall–Kier alpha value is -2.02. The molecule has 3 N–H and O–H groups in total. The van der Waals surface area contributed by atoms with Gasteiger partial charge in [0.2, 0.25) is 0 Å². The first kappa shape index (κ1) is 17.8. The van der Waals surface area contributed by atoms with Crippen LogP contribution in [0.1, 0.15) is 29.0 Å². The number of nitrogens with one attached hydrogen (secondary N) is 1. The first-order valence-corrected chi connectivity index (χ1v) is 8.88. The smallest absolute Gasteiger partial charge is 0.268 e. The molecular formula is C18H17ClFN3OS. The zero-order chi connectivity index (χ0) is 18.1. The minimum absolute atomic E-state index is 0.236. The first-order valence-electron chi connectivity index (χ1n) is 7.62. The van der Waals surface area contributed by atoms with Gasteiger partial charge in [-0.25, -0.2) is 4.39 Å². The molecule has 25 heavy (non-hydrogen) atoms. The third kappa shape index (κ3) is 3.51. The second kappa shape index (κ2) is 7.07. The number of rotatable bonds is 4. The third-order valence-corrected chi connectivity index (χ3v) is 4.99. The number of aryl methyl sites for hydroxylation is 1. The molecule has 1 atom stereocenters. The summed E-state index contributed by atoms with van der Waals surface area (Å²) >= 11 is 6.88. The molecule has 1 unspecified atom stereocenters. The summed E-state index contributed by atoms with van der Waals surface area (Å²) in [6.45, 7) is 1.81. The van der Waals surface area contributed by atoms with E-state index in [4.69, 9.17) is 16.7 Å². The molecule has 1 heterocycles. The van der Waals surface area contributed by atoms with Gasteiger partial charge in [0, 0.05) is 23.0 Å². The molecule has 0 aliphatic heterocycles. The monoisotopic (exact) mass is 377 g/mol. The molecule has 0 aliphatic rings. The minimum Gasteiger partial charge on any atom is -0.344 e. The van der Waals surface area contributed by atoms with Crippen LogP contribution in [0.2, 0.25) is 5.02 Å². The quantitative estimate of drug-likeness (QED) is 0.661. The van der Waals surface area contributed by atoms with Gasteiger partial charge in [-0.05, 0) is 54.8 Å². The van der Waals surface area contributed by atoms with E-state index in [0.29, 0.717) is 21.2 Å². The molecule has 0 saturated carbocycles. The summed E-state index contributed by atoms with van der Waals surface area (Å²) < 4.78 is 15.7. The highest BCUT2D eigenvalue weighted by molar-refractivity contribution is 7.97. The van der Waals surface area contributed by atoms with Crippen molar-refractivity contribution in [2.75, 3.05) is 0 Å². The number of hydrogen-bond donors (Lipinski definition) is 2. The van der Waals surface area contributed by atoms with Gasteiger partial charge in [-0.15, -0.1) is 0 Å². The lowest BCUT2D eigenvalue weighted by Gasteiger charge is -2.15. The number of carbonyl (C=O) groups is 1. The van der Waals surface area contributed by atoms with E-state index in [1.54, 1.807) is 22.8 Å². The largest absolute Gasteiger partial charge is 0.344 e. The maximum absolute atomic E-state index is 13.9. The van der Waals surface area contributed by atoms with Crippen LogP contribution >= 0.6 is 23.5 Å². The number of amides is 1. The number of nitrogens with zero attached hydrogens (tertiary/aromatic N) is 1. The number of halogens is 2. The van der Waals surface area contributed by atoms with E-state index in [-0.39, 0.29) is 11.9 Å². The molecule has 1 aromatic heterocycles. The standard InChI is InChI=1S/C18H17ClFN3OS/c1-10(11-4-6-17(25-21)14(20)7-11)22-18(24)16-8-12-3-5-13(19)9-15(12)23(16)2/h3-10H,21H2,1-2H3,(H,22,24). The van der Waals surface area contributed by atoms with Crippen molar-refractivity contribution in [3.8, 4) is 0 Å². The lowest BCUT2D eigenvalue weighted by molar-refractivity contribution is 0.0932. The van der Waals surface area contributed by atoms with Crippen molar-refractivity contribution < 1.29 is 9.18 Å². The molecule has 4 nitrogen and oxygen atoms in total. The summed E-state index contributed by atoms with van der Waals surface area (Å²) in [6.07, 6.45) is 0. The molecule has 0 radical (unpaired) electrons. The molecule has 0 aliphatic carbocycles. The number of nitrogens with two attached hydrogens (primary N) is 1. The van der Waals surface area contributed by atoms with Gasteiger partial charge in [0.15, 0.2) is 0 Å². The molecule has 130 valence electrons. The lowest BCUT2D eigenvalue weighted by atomic mass is 10.1. The van der Waals surface area contributed by atoms with E-state index < -0.39 is 5.82 Å². The number of fused-ring (bicyclic) bond motifs is 1. The van der Waals surface area contributed by atoms with E-state index in [1.165, 1.54) is 6.07 Å². The Morgan fingerprint density at radius 3 is 2.72 bits per heavy atom. The van der Waals surface area contributed by atoms with Crippen molar-refractivity contribution in [3.05, 3.63) is 64.6 Å². The number of carbonyl (C=O) groups excluding carboxylic acids is 1. The van der Waals surface area contributed by atoms with Crippen LogP contribution in [0.25, 0.3) is 10.9 Å². The predicted molar refractivity (Wildman–Crippen MR) is 100 cm³/mol. The first-order chi connectivity index (χ1) is 11.9. The average Bonchev–Trinajstić information content (AvgIpc) is 2.91. The Balaban J connectivity index is 1.84. The zero-order valence-electron chi connectivity index (χ0n) is 13.7. The van der Waals surface area contributed by atoms with E-state index in [1.807, 2.05) is 32.2 Å². The summed E-state index contributed by atoms with van der Waals surface area (Å²) in [5, 5.41) is 9.83. The molecule has 7 heteroatoms. The van der Waals surface area contributed by atoms with Gasteiger partial charge in [0.25, 0.3) is 5.91 Å². The fourth-order valence-electron chi connectivity index (χ4n) is 2.76. The van der Waals surface area contributed by atoms with Crippen molar-refractivity contribution in [1.29, 1.82) is 0 Å². The highest BCUT2D eigenvalue weighted by atomic mass is 35.5. The zero-order valence-corrected chi connectivity index (χ0v) is 15.3. The van der Waals surface area contributed by atoms with Gasteiger partial charge in [-0.2, -0.15) is 0 Å². The predicted octanol–water partition coefficient (Wildman–Crippen LogP) is 4.43. The van der Waals surface area contributed by atoms with Crippen molar-refractivity contribution >= 4 is 40.4 Å². The Bertz CT molecular complexity index is 957. The Labute approximate surface area is 154 Å². The highest BCUT2D eigenvalue weighted by Crippen LogP contribution is 2.24. The summed E-state index contributed by atoms with van der Waals surface area (Å²) in [4.78, 5) is 13.0. The number of benzene rings is 2. The maximum atomic E-state index is 13.9. The molecule has 3 aromatic rings. The topological polar surface area (TPSA) is 60.0 Å². The van der Waals surface area contributed by atoms with Crippen molar-refractivity contribution in [2.24, 2.45) is 12.2 Å². The molecule has 3 rings (SSSR count). The van der Waals surface area contributed by atoms with Gasteiger partial charge >= 0.3 is 0 Å². The van der Waals surface area contributed by atoms with E-state index in [0.717, 1.165) is 22.9 Å². The molecule has 1 amide bonds. The lowest BCUT2D eigenvalue weighted by Crippen LogP contribution is -2.28. The van der Waals surface area contributed by atoms with Gasteiger partial charge in [0.05, 0.1) is 10.9 Å². The normalized spacial score (nSPS) is 12.4. The van der Waals surface area contributed by atoms with Gasteiger partial charge < -0.3 is 9.88 Å². The van der Waals surface area contributed by atoms with Crippen LogP contribution < -0.4 is 10.5 Å². The SMILES string of the molecule is CC(NC(=O)c1cc2ccc(Cl)cc2n1C)c1ccc(SN)c(F)c1. The van der Waals surface area contributed by atoms with E-state index in [9.17, 15) is 9.18 Å². The van der Waals surface area contributed by atoms with Gasteiger partial charge in [-0.1, -0.05) is 23.7 Å². The maximum Gasteiger partial charge on any atom is 0.268 e. The van der Waals surface area contributed by atoms with E-state index in [2.05, 4.69) is 5.32 Å². The van der Waals surface area contributed by atoms with Crippen LogP contribution in [0.3, 0.4) is 0 Å².